The molecule has 21 heavy (non-hydrogen) atoms. The molecule has 0 amide bonds. The molecule has 2 atom stereocenters. The summed E-state index contributed by atoms with van der Waals surface area (Å²) in [5.41, 5.74) is 0. The van der Waals surface area contributed by atoms with Crippen LogP contribution in [0, 0.1) is 0 Å². The maximum Gasteiger partial charge on any atom is 0.168 e. The summed E-state index contributed by atoms with van der Waals surface area (Å²) in [6, 6.07) is 5.95. The lowest BCUT2D eigenvalue weighted by molar-refractivity contribution is 0.0607. The standard InChI is InChI=1S/C17H27N3O/c1-3-10-21-16-8-5-9-18-17(16)19-13-11-14-6-4-7-15(12-13)20(14)2/h5,8-9,13-15H,3-4,6-7,10-12H2,1-2H3,(H,18,19). The van der Waals surface area contributed by atoms with Crippen molar-refractivity contribution in [2.75, 3.05) is 19.0 Å². The zero-order valence-electron chi connectivity index (χ0n) is 13.2. The molecule has 2 saturated heterocycles. The van der Waals surface area contributed by atoms with Crippen LogP contribution in [0.2, 0.25) is 0 Å². The lowest BCUT2D eigenvalue weighted by Gasteiger charge is -2.47. The van der Waals surface area contributed by atoms with Gasteiger partial charge in [0.25, 0.3) is 0 Å². The number of rotatable bonds is 5. The molecule has 2 unspecified atom stereocenters. The molecule has 1 aromatic heterocycles. The molecule has 2 fully saturated rings. The van der Waals surface area contributed by atoms with Crippen LogP contribution in [0.25, 0.3) is 0 Å². The summed E-state index contributed by atoms with van der Waals surface area (Å²) >= 11 is 0. The lowest BCUT2D eigenvalue weighted by atomic mass is 9.82. The van der Waals surface area contributed by atoms with Crippen molar-refractivity contribution in [2.45, 2.75) is 63.6 Å². The molecule has 2 aliphatic rings. The van der Waals surface area contributed by atoms with Gasteiger partial charge in [0.2, 0.25) is 0 Å². The van der Waals surface area contributed by atoms with E-state index in [2.05, 4.69) is 29.2 Å². The monoisotopic (exact) mass is 289 g/mol. The quantitative estimate of drug-likeness (QED) is 0.902. The van der Waals surface area contributed by atoms with Crippen LogP contribution in [0.3, 0.4) is 0 Å². The van der Waals surface area contributed by atoms with Gasteiger partial charge < -0.3 is 15.0 Å². The van der Waals surface area contributed by atoms with Crippen LogP contribution >= 0.6 is 0 Å². The predicted molar refractivity (Wildman–Crippen MR) is 85.9 cm³/mol. The molecule has 0 radical (unpaired) electrons. The predicted octanol–water partition coefficient (Wildman–Crippen LogP) is 3.30. The van der Waals surface area contributed by atoms with E-state index in [-0.39, 0.29) is 0 Å². The normalized spacial score (nSPS) is 29.1. The summed E-state index contributed by atoms with van der Waals surface area (Å²) in [6.45, 7) is 2.88. The van der Waals surface area contributed by atoms with Gasteiger partial charge in [-0.1, -0.05) is 13.3 Å². The average Bonchev–Trinajstić information content (AvgIpc) is 2.47. The number of ether oxygens (including phenoxy) is 1. The minimum atomic E-state index is 0.523. The Hall–Kier alpha value is -1.29. The highest BCUT2D eigenvalue weighted by Crippen LogP contribution is 2.34. The average molecular weight is 289 g/mol. The number of nitrogens with zero attached hydrogens (tertiary/aromatic N) is 2. The number of nitrogens with one attached hydrogen (secondary N) is 1. The number of aromatic nitrogens is 1. The van der Waals surface area contributed by atoms with E-state index in [1.165, 1.54) is 32.1 Å². The van der Waals surface area contributed by atoms with Crippen LogP contribution in [0.1, 0.15) is 45.4 Å². The Bertz CT molecular complexity index is 451. The van der Waals surface area contributed by atoms with Gasteiger partial charge in [-0.15, -0.1) is 0 Å². The minimum absolute atomic E-state index is 0.523. The molecule has 116 valence electrons. The van der Waals surface area contributed by atoms with Crippen LogP contribution in [0.5, 0.6) is 5.75 Å². The first kappa shape index (κ1) is 14.6. The number of hydrogen-bond acceptors (Lipinski definition) is 4. The second kappa shape index (κ2) is 6.65. The molecule has 2 aliphatic heterocycles. The zero-order valence-corrected chi connectivity index (χ0v) is 13.2. The number of piperidine rings is 2. The molecular formula is C17H27N3O. The van der Waals surface area contributed by atoms with Crippen molar-refractivity contribution in [1.29, 1.82) is 0 Å². The Labute approximate surface area is 127 Å². The van der Waals surface area contributed by atoms with Crippen LogP contribution in [0.15, 0.2) is 18.3 Å². The van der Waals surface area contributed by atoms with Gasteiger partial charge in [-0.2, -0.15) is 0 Å². The van der Waals surface area contributed by atoms with Crippen LogP contribution in [-0.4, -0.2) is 41.7 Å². The Morgan fingerprint density at radius 2 is 2.10 bits per heavy atom. The smallest absolute Gasteiger partial charge is 0.168 e. The van der Waals surface area contributed by atoms with Crippen LogP contribution in [0.4, 0.5) is 5.82 Å². The molecule has 0 aliphatic carbocycles. The van der Waals surface area contributed by atoms with Crippen LogP contribution < -0.4 is 10.1 Å². The van der Waals surface area contributed by atoms with E-state index in [9.17, 15) is 0 Å². The fraction of sp³-hybridized carbons (Fsp3) is 0.706. The fourth-order valence-electron chi connectivity index (χ4n) is 3.75. The number of hydrogen-bond donors (Lipinski definition) is 1. The first-order valence-corrected chi connectivity index (χ1v) is 8.34. The Morgan fingerprint density at radius 3 is 2.81 bits per heavy atom. The summed E-state index contributed by atoms with van der Waals surface area (Å²) in [5.74, 6) is 1.81. The van der Waals surface area contributed by atoms with Gasteiger partial charge in [0.15, 0.2) is 11.6 Å². The van der Waals surface area contributed by atoms with E-state index in [4.69, 9.17) is 4.74 Å². The van der Waals surface area contributed by atoms with Crippen molar-refractivity contribution in [2.24, 2.45) is 0 Å². The Balaban J connectivity index is 1.67. The summed E-state index contributed by atoms with van der Waals surface area (Å²) in [4.78, 5) is 7.08. The van der Waals surface area contributed by atoms with Crippen LogP contribution in [-0.2, 0) is 0 Å². The highest BCUT2D eigenvalue weighted by Gasteiger charge is 2.36. The number of anilines is 1. The largest absolute Gasteiger partial charge is 0.490 e. The third kappa shape index (κ3) is 3.31. The molecule has 0 saturated carbocycles. The minimum Gasteiger partial charge on any atom is -0.490 e. The molecule has 0 spiro atoms. The van der Waals surface area contributed by atoms with Crippen molar-refractivity contribution in [3.05, 3.63) is 18.3 Å². The van der Waals surface area contributed by atoms with Crippen molar-refractivity contribution in [3.8, 4) is 5.75 Å². The van der Waals surface area contributed by atoms with E-state index in [0.717, 1.165) is 36.7 Å². The SMILES string of the molecule is CCCOc1cccnc1NC1CC2CCCC(C1)N2C. The van der Waals surface area contributed by atoms with E-state index >= 15 is 0 Å². The molecule has 3 rings (SSSR count). The van der Waals surface area contributed by atoms with Crippen molar-refractivity contribution >= 4 is 5.82 Å². The molecule has 2 bridgehead atoms. The van der Waals surface area contributed by atoms with E-state index in [0.29, 0.717) is 6.04 Å². The van der Waals surface area contributed by atoms with Gasteiger partial charge in [0, 0.05) is 24.3 Å². The van der Waals surface area contributed by atoms with E-state index < -0.39 is 0 Å². The van der Waals surface area contributed by atoms with Gasteiger partial charge >= 0.3 is 0 Å². The Kier molecular flexibility index (Phi) is 4.63. The topological polar surface area (TPSA) is 37.4 Å². The summed E-state index contributed by atoms with van der Waals surface area (Å²) in [5, 5.41) is 3.64. The third-order valence-corrected chi connectivity index (χ3v) is 4.91. The highest BCUT2D eigenvalue weighted by atomic mass is 16.5. The summed E-state index contributed by atoms with van der Waals surface area (Å²) in [7, 11) is 2.29. The van der Waals surface area contributed by atoms with Crippen molar-refractivity contribution in [1.82, 2.24) is 9.88 Å². The van der Waals surface area contributed by atoms with Crippen molar-refractivity contribution < 1.29 is 4.74 Å². The molecule has 1 aromatic rings. The molecule has 4 nitrogen and oxygen atoms in total. The third-order valence-electron chi connectivity index (χ3n) is 4.91. The molecule has 3 heterocycles. The fourth-order valence-corrected chi connectivity index (χ4v) is 3.75. The number of pyridine rings is 1. The van der Waals surface area contributed by atoms with Gasteiger partial charge in [-0.05, 0) is 51.3 Å². The molecule has 0 aromatic carbocycles. The highest BCUT2D eigenvalue weighted by molar-refractivity contribution is 5.50. The molecule has 1 N–H and O–H groups in total. The second-order valence-electron chi connectivity index (χ2n) is 6.42. The maximum absolute atomic E-state index is 5.81. The molecular weight excluding hydrogens is 262 g/mol. The van der Waals surface area contributed by atoms with E-state index in [1.807, 2.05) is 18.3 Å². The van der Waals surface area contributed by atoms with Gasteiger partial charge in [0.1, 0.15) is 0 Å². The zero-order chi connectivity index (χ0) is 14.7. The maximum atomic E-state index is 5.81. The summed E-state index contributed by atoms with van der Waals surface area (Å²) < 4.78 is 5.81. The van der Waals surface area contributed by atoms with E-state index in [1.54, 1.807) is 0 Å². The molecule has 4 heteroatoms. The van der Waals surface area contributed by atoms with Gasteiger partial charge in [-0.25, -0.2) is 4.98 Å². The summed E-state index contributed by atoms with van der Waals surface area (Å²) in [6.07, 6.45) is 9.37. The van der Waals surface area contributed by atoms with Crippen molar-refractivity contribution in [3.63, 3.8) is 0 Å². The Morgan fingerprint density at radius 1 is 1.33 bits per heavy atom. The lowest BCUT2D eigenvalue weighted by Crippen LogP contribution is -2.52. The first-order valence-electron chi connectivity index (χ1n) is 8.34. The first-order chi connectivity index (χ1) is 10.3. The van der Waals surface area contributed by atoms with Gasteiger partial charge in [0.05, 0.1) is 6.61 Å². The second-order valence-corrected chi connectivity index (χ2v) is 6.42. The number of fused-ring (bicyclic) bond motifs is 2. The van der Waals surface area contributed by atoms with Gasteiger partial charge in [-0.3, -0.25) is 0 Å².